The van der Waals surface area contributed by atoms with Crippen LogP contribution in [0.2, 0.25) is 0 Å². The molecular weight excluding hydrogens is 390 g/mol. The quantitative estimate of drug-likeness (QED) is 0.368. The largest absolute Gasteiger partial charge is 0.213 e. The number of aromatic nitrogens is 3. The maximum Gasteiger partial charge on any atom is 0.163 e. The van der Waals surface area contributed by atoms with Gasteiger partial charge in [-0.25, -0.2) is 15.0 Å². The molecular formula is C29H31N3. The second kappa shape index (κ2) is 10.6. The van der Waals surface area contributed by atoms with Crippen LogP contribution in [0.3, 0.4) is 0 Å². The van der Waals surface area contributed by atoms with Crippen LogP contribution >= 0.6 is 0 Å². The van der Waals surface area contributed by atoms with Gasteiger partial charge in [0.25, 0.3) is 0 Å². The number of benzene rings is 2. The number of nitrogens with zero attached hydrogens (tertiary/aromatic N) is 3. The molecule has 0 spiro atoms. The van der Waals surface area contributed by atoms with Crippen molar-refractivity contribution in [2.45, 2.75) is 34.6 Å². The Balaban J connectivity index is 1.97. The minimum atomic E-state index is 0.298. The monoisotopic (exact) mass is 421 g/mol. The van der Waals surface area contributed by atoms with Crippen LogP contribution in [0, 0.1) is 12.8 Å². The molecule has 0 radical (unpaired) electrons. The molecule has 0 aliphatic carbocycles. The van der Waals surface area contributed by atoms with Gasteiger partial charge < -0.3 is 0 Å². The number of rotatable bonds is 7. The first-order valence-corrected chi connectivity index (χ1v) is 10.9. The van der Waals surface area contributed by atoms with Gasteiger partial charge in [0.15, 0.2) is 11.6 Å². The molecule has 0 bridgehead atoms. The third-order valence-electron chi connectivity index (χ3n) is 5.32. The molecule has 2 aromatic carbocycles. The van der Waals surface area contributed by atoms with E-state index in [2.05, 4.69) is 79.0 Å². The zero-order chi connectivity index (χ0) is 23.1. The fourth-order valence-corrected chi connectivity index (χ4v) is 3.32. The molecule has 1 heterocycles. The summed E-state index contributed by atoms with van der Waals surface area (Å²) in [7, 11) is 0. The molecule has 32 heavy (non-hydrogen) atoms. The summed E-state index contributed by atoms with van der Waals surface area (Å²) in [5.74, 6) is 2.38. The van der Waals surface area contributed by atoms with Crippen LogP contribution < -0.4 is 0 Å². The van der Waals surface area contributed by atoms with Crippen LogP contribution in [0.15, 0.2) is 96.6 Å². The van der Waals surface area contributed by atoms with Crippen LogP contribution in [0.25, 0.3) is 28.1 Å². The molecule has 162 valence electrons. The predicted molar refractivity (Wildman–Crippen MR) is 136 cm³/mol. The van der Waals surface area contributed by atoms with E-state index in [1.807, 2.05) is 51.1 Å². The summed E-state index contributed by atoms with van der Waals surface area (Å²) in [6.45, 7) is 14.2. The maximum atomic E-state index is 4.83. The molecule has 0 aliphatic heterocycles. The molecule has 1 aromatic heterocycles. The third kappa shape index (κ3) is 5.98. The minimum Gasteiger partial charge on any atom is -0.213 e. The maximum absolute atomic E-state index is 4.83. The smallest absolute Gasteiger partial charge is 0.163 e. The number of hydrogen-bond donors (Lipinski definition) is 0. The Bertz CT molecular complexity index is 1180. The Morgan fingerprint density at radius 1 is 0.906 bits per heavy atom. The predicted octanol–water partition coefficient (Wildman–Crippen LogP) is 7.63. The second-order valence-corrected chi connectivity index (χ2v) is 8.10. The zero-order valence-electron chi connectivity index (χ0n) is 19.6. The van der Waals surface area contributed by atoms with Gasteiger partial charge in [-0.15, -0.1) is 0 Å². The summed E-state index contributed by atoms with van der Waals surface area (Å²) in [4.78, 5) is 14.1. The van der Waals surface area contributed by atoms with Crippen LogP contribution in [0.1, 0.15) is 39.3 Å². The molecule has 0 aliphatic rings. The van der Waals surface area contributed by atoms with Gasteiger partial charge in [-0.1, -0.05) is 97.5 Å². The fraction of sp³-hybridized carbons (Fsp3) is 0.207. The van der Waals surface area contributed by atoms with E-state index in [4.69, 9.17) is 4.98 Å². The van der Waals surface area contributed by atoms with E-state index in [-0.39, 0.29) is 0 Å². The van der Waals surface area contributed by atoms with E-state index in [0.717, 1.165) is 22.3 Å². The molecule has 3 heteroatoms. The zero-order valence-corrected chi connectivity index (χ0v) is 19.6. The molecule has 0 saturated carbocycles. The van der Waals surface area contributed by atoms with Crippen molar-refractivity contribution in [3.63, 3.8) is 0 Å². The lowest BCUT2D eigenvalue weighted by Crippen LogP contribution is -2.03. The Hall–Kier alpha value is -3.59. The van der Waals surface area contributed by atoms with Gasteiger partial charge in [-0.3, -0.25) is 0 Å². The van der Waals surface area contributed by atoms with E-state index in [9.17, 15) is 0 Å². The molecule has 0 amide bonds. The minimum absolute atomic E-state index is 0.298. The molecule has 0 fully saturated rings. The van der Waals surface area contributed by atoms with Crippen molar-refractivity contribution in [1.29, 1.82) is 0 Å². The fourth-order valence-electron chi connectivity index (χ4n) is 3.32. The highest BCUT2D eigenvalue weighted by Crippen LogP contribution is 2.26. The van der Waals surface area contributed by atoms with Gasteiger partial charge in [-0.2, -0.15) is 0 Å². The van der Waals surface area contributed by atoms with Crippen molar-refractivity contribution in [3.8, 4) is 22.5 Å². The van der Waals surface area contributed by atoms with Crippen molar-refractivity contribution in [2.75, 3.05) is 0 Å². The lowest BCUT2D eigenvalue weighted by Gasteiger charge is -2.11. The molecule has 1 unspecified atom stereocenters. The first-order valence-electron chi connectivity index (χ1n) is 10.9. The number of aryl methyl sites for hydroxylation is 1. The van der Waals surface area contributed by atoms with Crippen molar-refractivity contribution >= 4 is 5.57 Å². The molecule has 3 aromatic rings. The first-order chi connectivity index (χ1) is 15.4. The van der Waals surface area contributed by atoms with E-state index >= 15 is 0 Å². The molecule has 3 rings (SSSR count). The SMILES string of the molecule is C=C(C)/C=C\C(C)/C(C)=C/C(=C\C)c1nc(C)nc(-c2cccc(-c3ccccc3)c2)n1. The van der Waals surface area contributed by atoms with Gasteiger partial charge in [0, 0.05) is 11.1 Å². The van der Waals surface area contributed by atoms with E-state index in [1.54, 1.807) is 0 Å². The lowest BCUT2D eigenvalue weighted by atomic mass is 9.98. The van der Waals surface area contributed by atoms with Gasteiger partial charge in [0.1, 0.15) is 5.82 Å². The first kappa shape index (κ1) is 23.1. The highest BCUT2D eigenvalue weighted by atomic mass is 15.0. The summed E-state index contributed by atoms with van der Waals surface area (Å²) >= 11 is 0. The van der Waals surface area contributed by atoms with Crippen molar-refractivity contribution in [2.24, 2.45) is 5.92 Å². The Kier molecular flexibility index (Phi) is 7.67. The van der Waals surface area contributed by atoms with Crippen LogP contribution in [-0.4, -0.2) is 15.0 Å². The van der Waals surface area contributed by atoms with Gasteiger partial charge in [-0.05, 0) is 50.8 Å². The molecule has 3 nitrogen and oxygen atoms in total. The normalized spacial score (nSPS) is 13.4. The third-order valence-corrected chi connectivity index (χ3v) is 5.32. The Morgan fingerprint density at radius 2 is 1.59 bits per heavy atom. The second-order valence-electron chi connectivity index (χ2n) is 8.10. The Labute approximate surface area is 192 Å². The van der Waals surface area contributed by atoms with Crippen LogP contribution in [0.5, 0.6) is 0 Å². The van der Waals surface area contributed by atoms with E-state index in [1.165, 1.54) is 11.1 Å². The van der Waals surface area contributed by atoms with Crippen molar-refractivity contribution in [3.05, 3.63) is 108 Å². The number of hydrogen-bond acceptors (Lipinski definition) is 3. The highest BCUT2D eigenvalue weighted by molar-refractivity contribution is 5.73. The van der Waals surface area contributed by atoms with Gasteiger partial charge in [0.2, 0.25) is 0 Å². The molecule has 0 N–H and O–H groups in total. The topological polar surface area (TPSA) is 38.7 Å². The average Bonchev–Trinajstić information content (AvgIpc) is 2.81. The number of allylic oxidation sites excluding steroid dienone is 7. The van der Waals surface area contributed by atoms with E-state index < -0.39 is 0 Å². The summed E-state index contributed by atoms with van der Waals surface area (Å²) < 4.78 is 0. The van der Waals surface area contributed by atoms with Crippen LogP contribution in [0.4, 0.5) is 0 Å². The average molecular weight is 422 g/mol. The molecule has 1 atom stereocenters. The summed E-state index contributed by atoms with van der Waals surface area (Å²) in [5, 5.41) is 0. The Morgan fingerprint density at radius 3 is 2.28 bits per heavy atom. The standard InChI is InChI=1S/C29H31N3/c1-7-24(18-22(5)21(4)17-16-20(2)3)28-30-23(6)31-29(32-28)27-15-11-14-26(19-27)25-12-9-8-10-13-25/h7-19,21H,2H2,1,3-6H3/b17-16-,22-18+,24-7+. The van der Waals surface area contributed by atoms with Crippen LogP contribution in [-0.2, 0) is 0 Å². The van der Waals surface area contributed by atoms with Crippen molar-refractivity contribution in [1.82, 2.24) is 15.0 Å². The molecule has 0 saturated heterocycles. The lowest BCUT2D eigenvalue weighted by molar-refractivity contribution is 0.861. The van der Waals surface area contributed by atoms with Gasteiger partial charge in [0.05, 0.1) is 0 Å². The summed E-state index contributed by atoms with van der Waals surface area (Å²) in [6.07, 6.45) is 8.44. The summed E-state index contributed by atoms with van der Waals surface area (Å²) in [5.41, 5.74) is 6.57. The highest BCUT2D eigenvalue weighted by Gasteiger charge is 2.11. The van der Waals surface area contributed by atoms with Crippen molar-refractivity contribution < 1.29 is 0 Å². The van der Waals surface area contributed by atoms with Gasteiger partial charge >= 0.3 is 0 Å². The summed E-state index contributed by atoms with van der Waals surface area (Å²) in [6, 6.07) is 18.7. The van der Waals surface area contributed by atoms with E-state index in [0.29, 0.717) is 23.4 Å².